The van der Waals surface area contributed by atoms with E-state index in [1.54, 1.807) is 0 Å². The van der Waals surface area contributed by atoms with Crippen molar-refractivity contribution in [3.05, 3.63) is 48.2 Å². The van der Waals surface area contributed by atoms with Crippen LogP contribution in [0.4, 0.5) is 0 Å². The van der Waals surface area contributed by atoms with Gasteiger partial charge in [0.05, 0.1) is 12.3 Å². The van der Waals surface area contributed by atoms with Gasteiger partial charge in [-0.1, -0.05) is 0 Å². The molecule has 0 saturated carbocycles. The molecule has 0 spiro atoms. The Kier molecular flexibility index (Phi) is 3.20. The summed E-state index contributed by atoms with van der Waals surface area (Å²) in [5, 5.41) is 0. The van der Waals surface area contributed by atoms with Crippen molar-refractivity contribution < 1.29 is 4.74 Å². The van der Waals surface area contributed by atoms with Crippen LogP contribution in [0.15, 0.2) is 42.6 Å². The summed E-state index contributed by atoms with van der Waals surface area (Å²) >= 11 is 0. The Bertz CT molecular complexity index is 462. The molecule has 0 radical (unpaired) electrons. The Morgan fingerprint density at radius 1 is 1.12 bits per heavy atom. The Hall–Kier alpha value is -1.83. The number of pyridine rings is 1. The second kappa shape index (κ2) is 4.79. The molecule has 0 fully saturated rings. The topological polar surface area (TPSA) is 22.1 Å². The fourth-order valence-corrected chi connectivity index (χ4v) is 1.58. The van der Waals surface area contributed by atoms with Crippen molar-refractivity contribution in [2.45, 2.75) is 13.8 Å². The van der Waals surface area contributed by atoms with E-state index in [-0.39, 0.29) is 0 Å². The summed E-state index contributed by atoms with van der Waals surface area (Å²) in [6, 6.07) is 12.1. The Morgan fingerprint density at radius 3 is 2.50 bits per heavy atom. The average molecular weight is 213 g/mol. The van der Waals surface area contributed by atoms with Crippen molar-refractivity contribution in [3.63, 3.8) is 0 Å². The van der Waals surface area contributed by atoms with Crippen molar-refractivity contribution >= 4 is 0 Å². The van der Waals surface area contributed by atoms with E-state index in [9.17, 15) is 0 Å². The molecule has 2 heteroatoms. The number of nitrogens with zero attached hydrogens (tertiary/aromatic N) is 1. The molecule has 0 unspecified atom stereocenters. The van der Waals surface area contributed by atoms with Crippen LogP contribution in [0, 0.1) is 6.92 Å². The lowest BCUT2D eigenvalue weighted by Crippen LogP contribution is -1.91. The second-order valence-corrected chi connectivity index (χ2v) is 3.68. The molecule has 1 aromatic carbocycles. The highest BCUT2D eigenvalue weighted by Crippen LogP contribution is 2.21. The number of benzene rings is 1. The molecule has 0 aliphatic heterocycles. The zero-order chi connectivity index (χ0) is 11.4. The predicted molar refractivity (Wildman–Crippen MR) is 65.6 cm³/mol. The normalized spacial score (nSPS) is 10.1. The van der Waals surface area contributed by atoms with Gasteiger partial charge in [-0.25, -0.2) is 0 Å². The van der Waals surface area contributed by atoms with Gasteiger partial charge in [-0.3, -0.25) is 4.98 Å². The highest BCUT2D eigenvalue weighted by Gasteiger charge is 1.99. The second-order valence-electron chi connectivity index (χ2n) is 3.68. The van der Waals surface area contributed by atoms with Gasteiger partial charge in [-0.15, -0.1) is 0 Å². The number of aromatic nitrogens is 1. The molecular formula is C14H15NO. The van der Waals surface area contributed by atoms with Gasteiger partial charge in [-0.05, 0) is 55.8 Å². The molecule has 0 amide bonds. The van der Waals surface area contributed by atoms with Crippen molar-refractivity contribution in [2.24, 2.45) is 0 Å². The Balaban J connectivity index is 2.27. The summed E-state index contributed by atoms with van der Waals surface area (Å²) in [5.41, 5.74) is 3.34. The third kappa shape index (κ3) is 2.40. The van der Waals surface area contributed by atoms with Crippen LogP contribution >= 0.6 is 0 Å². The maximum Gasteiger partial charge on any atom is 0.119 e. The van der Waals surface area contributed by atoms with Crippen LogP contribution in [0.5, 0.6) is 5.75 Å². The van der Waals surface area contributed by atoms with Crippen LogP contribution in [0.25, 0.3) is 11.3 Å². The van der Waals surface area contributed by atoms with Gasteiger partial charge in [0.2, 0.25) is 0 Å². The average Bonchev–Trinajstić information content (AvgIpc) is 2.30. The first-order valence-electron chi connectivity index (χ1n) is 5.45. The SMILES string of the molecule is CCOc1ccc(-c2cc(C)ccn2)cc1. The first-order chi connectivity index (χ1) is 7.79. The van der Waals surface area contributed by atoms with Crippen molar-refractivity contribution in [1.29, 1.82) is 0 Å². The zero-order valence-corrected chi connectivity index (χ0v) is 9.60. The fourth-order valence-electron chi connectivity index (χ4n) is 1.58. The highest BCUT2D eigenvalue weighted by atomic mass is 16.5. The van der Waals surface area contributed by atoms with Gasteiger partial charge < -0.3 is 4.74 Å². The minimum absolute atomic E-state index is 0.696. The van der Waals surface area contributed by atoms with E-state index < -0.39 is 0 Å². The molecule has 2 rings (SSSR count). The molecule has 0 saturated heterocycles. The van der Waals surface area contributed by atoms with Crippen LogP contribution in [0.3, 0.4) is 0 Å². The van der Waals surface area contributed by atoms with Gasteiger partial charge in [0.25, 0.3) is 0 Å². The largest absolute Gasteiger partial charge is 0.494 e. The molecular weight excluding hydrogens is 198 g/mol. The van der Waals surface area contributed by atoms with E-state index in [4.69, 9.17) is 4.74 Å². The van der Waals surface area contributed by atoms with E-state index in [1.165, 1.54) is 5.56 Å². The summed E-state index contributed by atoms with van der Waals surface area (Å²) in [6.45, 7) is 4.75. The first kappa shape index (κ1) is 10.7. The van der Waals surface area contributed by atoms with Crippen LogP contribution in [0.1, 0.15) is 12.5 Å². The van der Waals surface area contributed by atoms with Crippen LogP contribution < -0.4 is 4.74 Å². The van der Waals surface area contributed by atoms with Gasteiger partial charge >= 0.3 is 0 Å². The lowest BCUT2D eigenvalue weighted by molar-refractivity contribution is 0.340. The van der Waals surface area contributed by atoms with E-state index in [1.807, 2.05) is 43.5 Å². The molecule has 2 nitrogen and oxygen atoms in total. The third-order valence-electron chi connectivity index (χ3n) is 2.38. The Morgan fingerprint density at radius 2 is 1.88 bits per heavy atom. The molecule has 0 N–H and O–H groups in total. The highest BCUT2D eigenvalue weighted by molar-refractivity contribution is 5.60. The monoisotopic (exact) mass is 213 g/mol. The van der Waals surface area contributed by atoms with Gasteiger partial charge in [0, 0.05) is 11.8 Å². The van der Waals surface area contributed by atoms with E-state index in [2.05, 4.69) is 18.0 Å². The van der Waals surface area contributed by atoms with E-state index in [0.717, 1.165) is 17.0 Å². The summed E-state index contributed by atoms with van der Waals surface area (Å²) in [7, 11) is 0. The van der Waals surface area contributed by atoms with Crippen LogP contribution in [-0.2, 0) is 0 Å². The number of aryl methyl sites for hydroxylation is 1. The summed E-state index contributed by atoms with van der Waals surface area (Å²) < 4.78 is 5.40. The van der Waals surface area contributed by atoms with Gasteiger partial charge in [0.15, 0.2) is 0 Å². The summed E-state index contributed by atoms with van der Waals surface area (Å²) in [4.78, 5) is 4.34. The predicted octanol–water partition coefficient (Wildman–Crippen LogP) is 3.46. The molecule has 2 aromatic rings. The summed E-state index contributed by atoms with van der Waals surface area (Å²) in [6.07, 6.45) is 1.83. The lowest BCUT2D eigenvalue weighted by atomic mass is 10.1. The molecule has 1 aromatic heterocycles. The van der Waals surface area contributed by atoms with Gasteiger partial charge in [0.1, 0.15) is 5.75 Å². The molecule has 82 valence electrons. The number of rotatable bonds is 3. The first-order valence-corrected chi connectivity index (χ1v) is 5.45. The maximum atomic E-state index is 5.40. The summed E-state index contributed by atoms with van der Waals surface area (Å²) in [5.74, 6) is 0.902. The quantitative estimate of drug-likeness (QED) is 0.779. The third-order valence-corrected chi connectivity index (χ3v) is 2.38. The maximum absolute atomic E-state index is 5.40. The Labute approximate surface area is 95.9 Å². The molecule has 0 atom stereocenters. The molecule has 16 heavy (non-hydrogen) atoms. The van der Waals surface area contributed by atoms with Crippen LogP contribution in [0.2, 0.25) is 0 Å². The van der Waals surface area contributed by atoms with Gasteiger partial charge in [-0.2, -0.15) is 0 Å². The number of ether oxygens (including phenoxy) is 1. The minimum Gasteiger partial charge on any atom is -0.494 e. The van der Waals surface area contributed by atoms with E-state index in [0.29, 0.717) is 6.61 Å². The standard InChI is InChI=1S/C14H15NO/c1-3-16-13-6-4-12(5-7-13)14-10-11(2)8-9-15-14/h4-10H,3H2,1-2H3. The smallest absolute Gasteiger partial charge is 0.119 e. The molecule has 0 bridgehead atoms. The zero-order valence-electron chi connectivity index (χ0n) is 9.60. The minimum atomic E-state index is 0.696. The number of hydrogen-bond donors (Lipinski definition) is 0. The molecule has 0 aliphatic carbocycles. The van der Waals surface area contributed by atoms with Crippen molar-refractivity contribution in [2.75, 3.05) is 6.61 Å². The van der Waals surface area contributed by atoms with Crippen molar-refractivity contribution in [1.82, 2.24) is 4.98 Å². The van der Waals surface area contributed by atoms with Crippen LogP contribution in [-0.4, -0.2) is 11.6 Å². The lowest BCUT2D eigenvalue weighted by Gasteiger charge is -2.05. The van der Waals surface area contributed by atoms with Crippen molar-refractivity contribution in [3.8, 4) is 17.0 Å². The molecule has 0 aliphatic rings. The molecule has 1 heterocycles. The fraction of sp³-hybridized carbons (Fsp3) is 0.214. The van der Waals surface area contributed by atoms with E-state index >= 15 is 0 Å². The number of hydrogen-bond acceptors (Lipinski definition) is 2.